The molecule has 2 N–H and O–H groups in total. The molecule has 110 valence electrons. The van der Waals surface area contributed by atoms with Gasteiger partial charge in [0.1, 0.15) is 11.9 Å². The van der Waals surface area contributed by atoms with Gasteiger partial charge >= 0.3 is 0 Å². The number of nitrogens with zero attached hydrogens (tertiary/aromatic N) is 1. The van der Waals surface area contributed by atoms with Crippen LogP contribution in [0.5, 0.6) is 0 Å². The first-order valence-electron chi connectivity index (χ1n) is 7.14. The molecule has 1 unspecified atom stereocenters. The molecular formula is C15H22FN3O. The lowest BCUT2D eigenvalue weighted by atomic mass is 10.1. The average Bonchev–Trinajstić information content (AvgIpc) is 2.93. The number of carbonyl (C=O) groups excluding carboxylic acids is 1. The Balaban J connectivity index is 2.17. The lowest BCUT2D eigenvalue weighted by Crippen LogP contribution is -2.42. The number of amides is 1. The van der Waals surface area contributed by atoms with Gasteiger partial charge in [-0.3, -0.25) is 4.79 Å². The van der Waals surface area contributed by atoms with Gasteiger partial charge in [-0.25, -0.2) is 4.39 Å². The molecule has 1 aliphatic rings. The van der Waals surface area contributed by atoms with Crippen molar-refractivity contribution in [1.82, 2.24) is 10.6 Å². The molecule has 2 rings (SSSR count). The van der Waals surface area contributed by atoms with E-state index >= 15 is 0 Å². The van der Waals surface area contributed by atoms with Gasteiger partial charge in [0, 0.05) is 20.1 Å². The van der Waals surface area contributed by atoms with Crippen molar-refractivity contribution >= 4 is 11.6 Å². The van der Waals surface area contributed by atoms with Gasteiger partial charge in [0.2, 0.25) is 5.91 Å². The van der Waals surface area contributed by atoms with E-state index < -0.39 is 0 Å². The number of likely N-dealkylation sites (N-methyl/N-ethyl adjacent to an activating group) is 1. The quantitative estimate of drug-likeness (QED) is 0.861. The summed E-state index contributed by atoms with van der Waals surface area (Å²) in [4.78, 5) is 13.7. The van der Waals surface area contributed by atoms with E-state index in [-0.39, 0.29) is 17.8 Å². The van der Waals surface area contributed by atoms with E-state index in [0.29, 0.717) is 12.2 Å². The highest BCUT2D eigenvalue weighted by molar-refractivity contribution is 5.85. The fraction of sp³-hybridized carbons (Fsp3) is 0.533. The van der Waals surface area contributed by atoms with Crippen molar-refractivity contribution in [3.05, 3.63) is 29.6 Å². The Bertz CT molecular complexity index is 478. The molecule has 20 heavy (non-hydrogen) atoms. The molecule has 0 radical (unpaired) electrons. The normalized spacial score (nSPS) is 18.4. The molecule has 4 nitrogen and oxygen atoms in total. The molecule has 1 amide bonds. The van der Waals surface area contributed by atoms with E-state index in [9.17, 15) is 9.18 Å². The van der Waals surface area contributed by atoms with Gasteiger partial charge in [0.25, 0.3) is 0 Å². The van der Waals surface area contributed by atoms with Gasteiger partial charge in [0.15, 0.2) is 0 Å². The topological polar surface area (TPSA) is 44.4 Å². The Morgan fingerprint density at radius 1 is 1.50 bits per heavy atom. The van der Waals surface area contributed by atoms with Crippen molar-refractivity contribution in [3.63, 3.8) is 0 Å². The number of hydrogen-bond acceptors (Lipinski definition) is 3. The Hall–Kier alpha value is -1.62. The predicted molar refractivity (Wildman–Crippen MR) is 78.2 cm³/mol. The molecule has 0 spiro atoms. The Morgan fingerprint density at radius 2 is 2.30 bits per heavy atom. The molecule has 1 saturated heterocycles. The molecule has 0 aliphatic carbocycles. The highest BCUT2D eigenvalue weighted by Gasteiger charge is 2.31. The second-order valence-corrected chi connectivity index (χ2v) is 5.03. The molecule has 1 heterocycles. The van der Waals surface area contributed by atoms with E-state index in [1.807, 2.05) is 17.9 Å². The summed E-state index contributed by atoms with van der Waals surface area (Å²) in [6.45, 7) is 4.26. The zero-order valence-corrected chi connectivity index (χ0v) is 12.1. The minimum Gasteiger partial charge on any atom is -0.357 e. The Morgan fingerprint density at radius 3 is 2.95 bits per heavy atom. The van der Waals surface area contributed by atoms with Gasteiger partial charge in [-0.15, -0.1) is 0 Å². The van der Waals surface area contributed by atoms with Crippen molar-refractivity contribution < 1.29 is 9.18 Å². The first-order chi connectivity index (χ1) is 9.67. The molecule has 1 fully saturated rings. The standard InChI is InChI=1S/C15H22FN3O/c1-3-18-10-11-6-7-13(12(16)9-11)19-8-4-5-14(19)15(20)17-2/h6-7,9,14,18H,3-5,8,10H2,1-2H3,(H,17,20). The smallest absolute Gasteiger partial charge is 0.242 e. The van der Waals surface area contributed by atoms with Crippen LogP contribution in [0.1, 0.15) is 25.3 Å². The van der Waals surface area contributed by atoms with Gasteiger partial charge < -0.3 is 15.5 Å². The largest absolute Gasteiger partial charge is 0.357 e. The molecular weight excluding hydrogens is 257 g/mol. The minimum atomic E-state index is -0.255. The fourth-order valence-electron chi connectivity index (χ4n) is 2.66. The van der Waals surface area contributed by atoms with E-state index in [1.165, 1.54) is 0 Å². The summed E-state index contributed by atoms with van der Waals surface area (Å²) in [5.41, 5.74) is 1.44. The molecule has 1 aromatic rings. The summed E-state index contributed by atoms with van der Waals surface area (Å²) in [5, 5.41) is 5.82. The van der Waals surface area contributed by atoms with Crippen LogP contribution in [-0.4, -0.2) is 32.1 Å². The fourth-order valence-corrected chi connectivity index (χ4v) is 2.66. The first kappa shape index (κ1) is 14.8. The summed E-state index contributed by atoms with van der Waals surface area (Å²) < 4.78 is 14.3. The maximum absolute atomic E-state index is 14.3. The van der Waals surface area contributed by atoms with Crippen molar-refractivity contribution in [2.75, 3.05) is 25.0 Å². The highest BCUT2D eigenvalue weighted by atomic mass is 19.1. The highest BCUT2D eigenvalue weighted by Crippen LogP contribution is 2.28. The number of carbonyl (C=O) groups is 1. The van der Waals surface area contributed by atoms with Crippen LogP contribution in [0.4, 0.5) is 10.1 Å². The summed E-state index contributed by atoms with van der Waals surface area (Å²) in [6.07, 6.45) is 1.69. The molecule has 5 heteroatoms. The van der Waals surface area contributed by atoms with Crippen LogP contribution in [0.2, 0.25) is 0 Å². The number of anilines is 1. The van der Waals surface area contributed by atoms with Crippen LogP contribution >= 0.6 is 0 Å². The minimum absolute atomic E-state index is 0.0429. The van der Waals surface area contributed by atoms with Crippen molar-refractivity contribution in [1.29, 1.82) is 0 Å². The number of benzene rings is 1. The van der Waals surface area contributed by atoms with Gasteiger partial charge in [-0.1, -0.05) is 13.0 Å². The maximum atomic E-state index is 14.3. The van der Waals surface area contributed by atoms with Crippen LogP contribution in [0.3, 0.4) is 0 Å². The summed E-state index contributed by atoms with van der Waals surface area (Å²) in [7, 11) is 1.62. The third-order valence-corrected chi connectivity index (χ3v) is 3.70. The second kappa shape index (κ2) is 6.70. The SMILES string of the molecule is CCNCc1ccc(N2CCCC2C(=O)NC)c(F)c1. The number of hydrogen-bond donors (Lipinski definition) is 2. The summed E-state index contributed by atoms with van der Waals surface area (Å²) in [5.74, 6) is -0.296. The third-order valence-electron chi connectivity index (χ3n) is 3.70. The van der Waals surface area contributed by atoms with E-state index in [0.717, 1.165) is 31.5 Å². The van der Waals surface area contributed by atoms with E-state index in [2.05, 4.69) is 10.6 Å². The molecule has 0 saturated carbocycles. The number of rotatable bonds is 5. The van der Waals surface area contributed by atoms with Crippen LogP contribution < -0.4 is 15.5 Å². The van der Waals surface area contributed by atoms with Gasteiger partial charge in [-0.05, 0) is 37.1 Å². The van der Waals surface area contributed by atoms with Crippen molar-refractivity contribution in [2.45, 2.75) is 32.4 Å². The van der Waals surface area contributed by atoms with Crippen LogP contribution in [-0.2, 0) is 11.3 Å². The lowest BCUT2D eigenvalue weighted by Gasteiger charge is -2.26. The molecule has 1 aliphatic heterocycles. The molecule has 1 aromatic carbocycles. The van der Waals surface area contributed by atoms with Crippen LogP contribution in [0, 0.1) is 5.82 Å². The molecule has 0 aromatic heterocycles. The Kier molecular flexibility index (Phi) is 4.95. The van der Waals surface area contributed by atoms with Gasteiger partial charge in [0.05, 0.1) is 5.69 Å². The van der Waals surface area contributed by atoms with Crippen LogP contribution in [0.25, 0.3) is 0 Å². The zero-order valence-electron chi connectivity index (χ0n) is 12.1. The third kappa shape index (κ3) is 3.10. The first-order valence-corrected chi connectivity index (χ1v) is 7.14. The van der Waals surface area contributed by atoms with Crippen LogP contribution in [0.15, 0.2) is 18.2 Å². The average molecular weight is 279 g/mol. The summed E-state index contributed by atoms with van der Waals surface area (Å²) in [6, 6.07) is 5.00. The molecule has 1 atom stereocenters. The monoisotopic (exact) mass is 279 g/mol. The second-order valence-electron chi connectivity index (χ2n) is 5.03. The Labute approximate surface area is 119 Å². The lowest BCUT2D eigenvalue weighted by molar-refractivity contribution is -0.121. The molecule has 0 bridgehead atoms. The van der Waals surface area contributed by atoms with Gasteiger partial charge in [-0.2, -0.15) is 0 Å². The summed E-state index contributed by atoms with van der Waals surface area (Å²) >= 11 is 0. The number of halogens is 1. The number of nitrogens with one attached hydrogen (secondary N) is 2. The van der Waals surface area contributed by atoms with E-state index in [1.54, 1.807) is 19.2 Å². The zero-order chi connectivity index (χ0) is 14.5. The predicted octanol–water partition coefficient (Wildman–Crippen LogP) is 1.65. The maximum Gasteiger partial charge on any atom is 0.242 e. The van der Waals surface area contributed by atoms with Crippen molar-refractivity contribution in [2.24, 2.45) is 0 Å². The van der Waals surface area contributed by atoms with Crippen molar-refractivity contribution in [3.8, 4) is 0 Å². The van der Waals surface area contributed by atoms with E-state index in [4.69, 9.17) is 0 Å².